The molecule has 0 saturated heterocycles. The van der Waals surface area contributed by atoms with Gasteiger partial charge in [0.2, 0.25) is 0 Å². The third kappa shape index (κ3) is 10.5. The van der Waals surface area contributed by atoms with Gasteiger partial charge in [0.15, 0.2) is 0 Å². The molecule has 0 spiro atoms. The van der Waals surface area contributed by atoms with Gasteiger partial charge in [0.05, 0.1) is 0 Å². The topological polar surface area (TPSA) is 34.1 Å². The Morgan fingerprint density at radius 2 is 1.50 bits per heavy atom. The summed E-state index contributed by atoms with van der Waals surface area (Å²) in [5.74, 6) is 2.95. The zero-order valence-electron chi connectivity index (χ0n) is 17.9. The number of hydrogen-bond donors (Lipinski definition) is 0. The van der Waals surface area contributed by atoms with Gasteiger partial charge in [-0.25, -0.2) is 0 Å². The Labute approximate surface area is 162 Å². The molecule has 26 heavy (non-hydrogen) atoms. The Kier molecular flexibility index (Phi) is 13.0. The van der Waals surface area contributed by atoms with Crippen molar-refractivity contribution in [3.63, 3.8) is 0 Å². The monoisotopic (exact) mass is 364 g/mol. The molecule has 3 atom stereocenters. The molecule has 0 aromatic rings. The van der Waals surface area contributed by atoms with Crippen molar-refractivity contribution in [3.05, 3.63) is 0 Å². The lowest BCUT2D eigenvalue weighted by Crippen LogP contribution is -2.22. The summed E-state index contributed by atoms with van der Waals surface area (Å²) in [5.41, 5.74) is 0. The Hall–Kier alpha value is -0.660. The van der Waals surface area contributed by atoms with E-state index in [1.165, 1.54) is 64.2 Å². The van der Waals surface area contributed by atoms with Crippen molar-refractivity contribution in [1.29, 1.82) is 0 Å². The fourth-order valence-electron chi connectivity index (χ4n) is 4.42. The minimum absolute atomic E-state index is 0.362. The lowest BCUT2D eigenvalue weighted by atomic mass is 9.74. The molecule has 0 radical (unpaired) electrons. The average molecular weight is 365 g/mol. The van der Waals surface area contributed by atoms with E-state index in [1.807, 2.05) is 0 Å². The lowest BCUT2D eigenvalue weighted by Gasteiger charge is -2.31. The molecule has 1 rings (SSSR count). The van der Waals surface area contributed by atoms with Crippen molar-refractivity contribution in [2.75, 3.05) is 0 Å². The maximum Gasteiger partial charge on any atom is 0.133 e. The molecule has 1 fully saturated rings. The number of Topliss-reactive ketones (excluding diaryl/α,β-unsaturated/α-hetero) is 2. The van der Waals surface area contributed by atoms with E-state index >= 15 is 0 Å². The zero-order chi connectivity index (χ0) is 19.2. The largest absolute Gasteiger partial charge is 0.300 e. The van der Waals surface area contributed by atoms with Gasteiger partial charge in [0.1, 0.15) is 11.6 Å². The first kappa shape index (κ1) is 23.4. The lowest BCUT2D eigenvalue weighted by molar-refractivity contribution is -0.121. The van der Waals surface area contributed by atoms with Crippen LogP contribution >= 0.6 is 0 Å². The average Bonchev–Trinajstić information content (AvgIpc) is 2.64. The fourth-order valence-corrected chi connectivity index (χ4v) is 4.42. The molecule has 0 aromatic carbocycles. The van der Waals surface area contributed by atoms with Crippen molar-refractivity contribution in [1.82, 2.24) is 0 Å². The van der Waals surface area contributed by atoms with E-state index in [0.29, 0.717) is 36.7 Å². The van der Waals surface area contributed by atoms with Gasteiger partial charge in [-0.1, -0.05) is 78.6 Å². The van der Waals surface area contributed by atoms with Crippen LogP contribution < -0.4 is 0 Å². The number of carbonyl (C=O) groups excluding carboxylic acids is 2. The Morgan fingerprint density at radius 1 is 0.846 bits per heavy atom. The molecule has 2 nitrogen and oxygen atoms in total. The predicted octanol–water partition coefficient (Wildman–Crippen LogP) is 7.29. The second-order valence-electron chi connectivity index (χ2n) is 8.84. The maximum atomic E-state index is 12.4. The molecular formula is C24H44O2. The number of rotatable bonds is 15. The zero-order valence-corrected chi connectivity index (χ0v) is 17.9. The minimum atomic E-state index is 0.362. The molecule has 0 amide bonds. The summed E-state index contributed by atoms with van der Waals surface area (Å²) >= 11 is 0. The maximum absolute atomic E-state index is 12.4. The SMILES string of the molecule is CCCCC1CCCCC1CC(=O)CCCC(=O)CCCCC(C)CC. The molecular weight excluding hydrogens is 320 g/mol. The number of unbranched alkanes of at least 4 members (excludes halogenated alkanes) is 2. The summed E-state index contributed by atoms with van der Waals surface area (Å²) in [5, 5.41) is 0. The second kappa shape index (κ2) is 14.4. The van der Waals surface area contributed by atoms with Crippen LogP contribution in [0.1, 0.15) is 124 Å². The number of hydrogen-bond acceptors (Lipinski definition) is 2. The van der Waals surface area contributed by atoms with Crippen LogP contribution in [0.15, 0.2) is 0 Å². The minimum Gasteiger partial charge on any atom is -0.300 e. The quantitative estimate of drug-likeness (QED) is 0.286. The van der Waals surface area contributed by atoms with E-state index in [4.69, 9.17) is 0 Å². The van der Waals surface area contributed by atoms with Gasteiger partial charge < -0.3 is 0 Å². The van der Waals surface area contributed by atoms with E-state index < -0.39 is 0 Å². The highest BCUT2D eigenvalue weighted by atomic mass is 16.1. The van der Waals surface area contributed by atoms with Gasteiger partial charge in [0.25, 0.3) is 0 Å². The molecule has 0 aromatic heterocycles. The van der Waals surface area contributed by atoms with Crippen molar-refractivity contribution in [3.8, 4) is 0 Å². The summed E-state index contributed by atoms with van der Waals surface area (Å²) in [6, 6.07) is 0. The van der Waals surface area contributed by atoms with Crippen LogP contribution in [0.5, 0.6) is 0 Å². The van der Waals surface area contributed by atoms with Crippen molar-refractivity contribution < 1.29 is 9.59 Å². The molecule has 0 bridgehead atoms. The van der Waals surface area contributed by atoms with E-state index in [9.17, 15) is 9.59 Å². The van der Waals surface area contributed by atoms with Crippen molar-refractivity contribution >= 4 is 11.6 Å². The third-order valence-corrected chi connectivity index (χ3v) is 6.50. The Morgan fingerprint density at radius 3 is 2.19 bits per heavy atom. The van der Waals surface area contributed by atoms with Crippen molar-refractivity contribution in [2.45, 2.75) is 124 Å². The highest BCUT2D eigenvalue weighted by Gasteiger charge is 2.26. The van der Waals surface area contributed by atoms with Crippen molar-refractivity contribution in [2.24, 2.45) is 17.8 Å². The van der Waals surface area contributed by atoms with Crippen LogP contribution in [-0.4, -0.2) is 11.6 Å². The second-order valence-corrected chi connectivity index (χ2v) is 8.84. The summed E-state index contributed by atoms with van der Waals surface area (Å²) in [7, 11) is 0. The molecule has 0 aliphatic heterocycles. The molecule has 1 aliphatic rings. The normalized spacial score (nSPS) is 21.5. The molecule has 152 valence electrons. The van der Waals surface area contributed by atoms with Crippen LogP contribution in [0, 0.1) is 17.8 Å². The van der Waals surface area contributed by atoms with Crippen LogP contribution in [0.3, 0.4) is 0 Å². The predicted molar refractivity (Wildman–Crippen MR) is 111 cm³/mol. The first-order valence-electron chi connectivity index (χ1n) is 11.6. The fraction of sp³-hybridized carbons (Fsp3) is 0.917. The third-order valence-electron chi connectivity index (χ3n) is 6.50. The van der Waals surface area contributed by atoms with Gasteiger partial charge in [-0.15, -0.1) is 0 Å². The number of carbonyl (C=O) groups is 2. The summed E-state index contributed by atoms with van der Waals surface area (Å²) < 4.78 is 0. The molecule has 1 saturated carbocycles. The van der Waals surface area contributed by atoms with Crippen LogP contribution in [0.25, 0.3) is 0 Å². The van der Waals surface area contributed by atoms with E-state index in [1.54, 1.807) is 0 Å². The van der Waals surface area contributed by atoms with Gasteiger partial charge in [0, 0.05) is 25.7 Å². The summed E-state index contributed by atoms with van der Waals surface area (Å²) in [6.07, 6.45) is 17.3. The first-order valence-corrected chi connectivity index (χ1v) is 11.6. The molecule has 2 heteroatoms. The van der Waals surface area contributed by atoms with E-state index in [0.717, 1.165) is 31.1 Å². The molecule has 3 unspecified atom stereocenters. The standard InChI is InChI=1S/C24H44O2/c1-4-6-13-21-14-8-9-15-22(21)19-24(26)18-11-17-23(25)16-10-7-12-20(3)5-2/h20-22H,4-19H2,1-3H3. The first-order chi connectivity index (χ1) is 12.6. The van der Waals surface area contributed by atoms with Gasteiger partial charge >= 0.3 is 0 Å². The molecule has 0 heterocycles. The number of ketones is 2. The van der Waals surface area contributed by atoms with Crippen LogP contribution in [0.2, 0.25) is 0 Å². The summed E-state index contributed by atoms with van der Waals surface area (Å²) in [6.45, 7) is 6.77. The Balaban J connectivity index is 2.14. The molecule has 1 aliphatic carbocycles. The summed E-state index contributed by atoms with van der Waals surface area (Å²) in [4.78, 5) is 24.4. The van der Waals surface area contributed by atoms with E-state index in [2.05, 4.69) is 20.8 Å². The highest BCUT2D eigenvalue weighted by molar-refractivity contribution is 5.81. The van der Waals surface area contributed by atoms with Crippen LogP contribution in [-0.2, 0) is 9.59 Å². The van der Waals surface area contributed by atoms with Gasteiger partial charge in [-0.2, -0.15) is 0 Å². The van der Waals surface area contributed by atoms with E-state index in [-0.39, 0.29) is 0 Å². The Bertz CT molecular complexity index is 388. The van der Waals surface area contributed by atoms with Gasteiger partial charge in [-0.3, -0.25) is 9.59 Å². The van der Waals surface area contributed by atoms with Crippen LogP contribution in [0.4, 0.5) is 0 Å². The smallest absolute Gasteiger partial charge is 0.133 e. The highest BCUT2D eigenvalue weighted by Crippen LogP contribution is 2.36. The van der Waals surface area contributed by atoms with Gasteiger partial charge in [-0.05, 0) is 37.0 Å². The molecule has 0 N–H and O–H groups in total.